The molecule has 0 aliphatic carbocycles. The van der Waals surface area contributed by atoms with E-state index in [-0.39, 0.29) is 11.1 Å². The molecule has 0 bridgehead atoms. The standard InChI is InChI=1S/C24H25F2NO3/c1-13-6-8-17-19(10-13)27-14(2)20(22(23(28)29)30-24(3,4)5)21(17)16-9-7-15(12-25)11-18(16)26/h6-11,22H,12H2,1-5H3,(H,28,29)/t22-/m0/s1. The molecule has 0 fully saturated rings. The minimum absolute atomic E-state index is 0.185. The maximum absolute atomic E-state index is 15.1. The zero-order valence-electron chi connectivity index (χ0n) is 17.7. The third-order valence-electron chi connectivity index (χ3n) is 4.78. The maximum Gasteiger partial charge on any atom is 0.337 e. The molecule has 1 aromatic heterocycles. The van der Waals surface area contributed by atoms with Crippen molar-refractivity contribution < 1.29 is 23.4 Å². The Morgan fingerprint density at radius 2 is 1.87 bits per heavy atom. The Morgan fingerprint density at radius 1 is 1.17 bits per heavy atom. The molecule has 1 atom stereocenters. The van der Waals surface area contributed by atoms with E-state index in [2.05, 4.69) is 4.98 Å². The first-order valence-corrected chi connectivity index (χ1v) is 9.68. The average molecular weight is 413 g/mol. The van der Waals surface area contributed by atoms with Crippen LogP contribution in [0.25, 0.3) is 22.0 Å². The lowest BCUT2D eigenvalue weighted by molar-refractivity contribution is -0.160. The van der Waals surface area contributed by atoms with E-state index < -0.39 is 30.2 Å². The van der Waals surface area contributed by atoms with Gasteiger partial charge in [-0.3, -0.25) is 4.98 Å². The van der Waals surface area contributed by atoms with E-state index in [0.717, 1.165) is 11.6 Å². The molecule has 2 aromatic carbocycles. The number of carbonyl (C=O) groups is 1. The SMILES string of the molecule is Cc1ccc2c(-c3ccc(CF)cc3F)c([C@H](OC(C)(C)C)C(=O)O)c(C)nc2c1. The molecular weight excluding hydrogens is 388 g/mol. The summed E-state index contributed by atoms with van der Waals surface area (Å²) < 4.78 is 34.0. The first-order chi connectivity index (χ1) is 14.0. The fourth-order valence-electron chi connectivity index (χ4n) is 3.55. The number of aliphatic carboxylic acids is 1. The van der Waals surface area contributed by atoms with Gasteiger partial charge in [0, 0.05) is 27.8 Å². The summed E-state index contributed by atoms with van der Waals surface area (Å²) in [5.74, 6) is -1.82. The Kier molecular flexibility index (Phi) is 5.90. The molecule has 6 heteroatoms. The number of pyridine rings is 1. The normalized spacial score (nSPS) is 12.9. The molecule has 0 aliphatic rings. The van der Waals surface area contributed by atoms with Gasteiger partial charge in [-0.15, -0.1) is 0 Å². The molecule has 0 saturated carbocycles. The Balaban J connectivity index is 2.42. The summed E-state index contributed by atoms with van der Waals surface area (Å²) in [6.07, 6.45) is -1.35. The van der Waals surface area contributed by atoms with Crippen LogP contribution in [0.3, 0.4) is 0 Å². The van der Waals surface area contributed by atoms with Gasteiger partial charge in [-0.1, -0.05) is 24.3 Å². The number of hydrogen-bond donors (Lipinski definition) is 1. The number of aryl methyl sites for hydroxylation is 2. The smallest absolute Gasteiger partial charge is 0.337 e. The van der Waals surface area contributed by atoms with E-state index in [1.807, 2.05) is 19.1 Å². The van der Waals surface area contributed by atoms with E-state index in [9.17, 15) is 14.3 Å². The van der Waals surface area contributed by atoms with E-state index in [0.29, 0.717) is 27.7 Å². The highest BCUT2D eigenvalue weighted by atomic mass is 19.1. The number of aromatic nitrogens is 1. The number of fused-ring (bicyclic) bond motifs is 1. The van der Waals surface area contributed by atoms with Crippen LogP contribution >= 0.6 is 0 Å². The lowest BCUT2D eigenvalue weighted by Crippen LogP contribution is -2.28. The van der Waals surface area contributed by atoms with Gasteiger partial charge in [0.2, 0.25) is 0 Å². The first kappa shape index (κ1) is 21.8. The predicted octanol–water partition coefficient (Wildman–Crippen LogP) is 6.07. The largest absolute Gasteiger partial charge is 0.479 e. The minimum atomic E-state index is -1.35. The lowest BCUT2D eigenvalue weighted by atomic mass is 9.90. The van der Waals surface area contributed by atoms with Crippen LogP contribution in [0.5, 0.6) is 0 Å². The van der Waals surface area contributed by atoms with E-state index in [4.69, 9.17) is 4.74 Å². The van der Waals surface area contributed by atoms with Crippen molar-refractivity contribution >= 4 is 16.9 Å². The summed E-state index contributed by atoms with van der Waals surface area (Å²) in [5, 5.41) is 10.6. The summed E-state index contributed by atoms with van der Waals surface area (Å²) in [5.41, 5.74) is 2.37. The molecule has 1 N–H and O–H groups in total. The molecule has 0 spiro atoms. The van der Waals surface area contributed by atoms with Crippen molar-refractivity contribution in [2.24, 2.45) is 0 Å². The minimum Gasteiger partial charge on any atom is -0.479 e. The van der Waals surface area contributed by atoms with E-state index in [1.165, 1.54) is 12.1 Å². The van der Waals surface area contributed by atoms with Crippen LogP contribution in [0.1, 0.15) is 49.3 Å². The number of nitrogens with zero attached hydrogens (tertiary/aromatic N) is 1. The quantitative estimate of drug-likeness (QED) is 0.552. The van der Waals surface area contributed by atoms with Crippen molar-refractivity contribution in [2.45, 2.75) is 53.0 Å². The Morgan fingerprint density at radius 3 is 2.43 bits per heavy atom. The van der Waals surface area contributed by atoms with Gasteiger partial charge in [0.1, 0.15) is 12.5 Å². The Bertz CT molecular complexity index is 1120. The number of carboxylic acid groups (broad SMARTS) is 1. The van der Waals surface area contributed by atoms with Crippen molar-refractivity contribution in [1.29, 1.82) is 0 Å². The van der Waals surface area contributed by atoms with Crippen molar-refractivity contribution in [2.75, 3.05) is 0 Å². The summed E-state index contributed by atoms with van der Waals surface area (Å²) in [6.45, 7) is 8.09. The molecule has 3 aromatic rings. The number of ether oxygens (including phenoxy) is 1. The molecular formula is C24H25F2NO3. The lowest BCUT2D eigenvalue weighted by Gasteiger charge is -2.28. The maximum atomic E-state index is 15.1. The summed E-state index contributed by atoms with van der Waals surface area (Å²) in [6, 6.07) is 9.64. The summed E-state index contributed by atoms with van der Waals surface area (Å²) >= 11 is 0. The fraction of sp³-hybridized carbons (Fsp3) is 0.333. The van der Waals surface area contributed by atoms with Crippen LogP contribution in [0, 0.1) is 19.7 Å². The van der Waals surface area contributed by atoms with E-state index in [1.54, 1.807) is 33.8 Å². The summed E-state index contributed by atoms with van der Waals surface area (Å²) in [7, 11) is 0. The van der Waals surface area contributed by atoms with Gasteiger partial charge in [-0.05, 0) is 57.9 Å². The molecule has 4 nitrogen and oxygen atoms in total. The molecule has 0 unspecified atom stereocenters. The Hall–Kier alpha value is -2.86. The average Bonchev–Trinajstić information content (AvgIpc) is 2.64. The molecule has 158 valence electrons. The van der Waals surface area contributed by atoms with Crippen molar-refractivity contribution in [3.63, 3.8) is 0 Å². The zero-order valence-corrected chi connectivity index (χ0v) is 17.7. The molecule has 1 heterocycles. The molecule has 0 aliphatic heterocycles. The predicted molar refractivity (Wildman–Crippen MR) is 113 cm³/mol. The number of rotatable bonds is 5. The second-order valence-electron chi connectivity index (χ2n) is 8.40. The van der Waals surface area contributed by atoms with Gasteiger partial charge < -0.3 is 9.84 Å². The number of carboxylic acids is 1. The van der Waals surface area contributed by atoms with Gasteiger partial charge in [0.25, 0.3) is 0 Å². The van der Waals surface area contributed by atoms with Crippen LogP contribution < -0.4 is 0 Å². The zero-order chi connectivity index (χ0) is 22.2. The van der Waals surface area contributed by atoms with Crippen LogP contribution in [0.2, 0.25) is 0 Å². The molecule has 0 radical (unpaired) electrons. The topological polar surface area (TPSA) is 59.4 Å². The fourth-order valence-corrected chi connectivity index (χ4v) is 3.55. The second kappa shape index (κ2) is 8.11. The monoisotopic (exact) mass is 413 g/mol. The Labute approximate surface area is 174 Å². The first-order valence-electron chi connectivity index (χ1n) is 9.68. The van der Waals surface area contributed by atoms with Gasteiger partial charge in [0.05, 0.1) is 11.1 Å². The molecule has 3 rings (SSSR count). The second-order valence-corrected chi connectivity index (χ2v) is 8.40. The number of hydrogen-bond acceptors (Lipinski definition) is 3. The van der Waals surface area contributed by atoms with E-state index >= 15 is 4.39 Å². The third-order valence-corrected chi connectivity index (χ3v) is 4.78. The van der Waals surface area contributed by atoms with Gasteiger partial charge in [-0.25, -0.2) is 13.6 Å². The van der Waals surface area contributed by atoms with Crippen LogP contribution in [-0.4, -0.2) is 21.7 Å². The van der Waals surface area contributed by atoms with Crippen molar-refractivity contribution in [3.8, 4) is 11.1 Å². The summed E-state index contributed by atoms with van der Waals surface area (Å²) in [4.78, 5) is 16.8. The van der Waals surface area contributed by atoms with Crippen molar-refractivity contribution in [3.05, 3.63) is 64.6 Å². The molecule has 30 heavy (non-hydrogen) atoms. The molecule has 0 amide bonds. The van der Waals surface area contributed by atoms with Gasteiger partial charge in [-0.2, -0.15) is 0 Å². The van der Waals surface area contributed by atoms with Crippen LogP contribution in [-0.2, 0) is 16.2 Å². The highest BCUT2D eigenvalue weighted by Crippen LogP contribution is 2.40. The number of halogens is 2. The highest BCUT2D eigenvalue weighted by Gasteiger charge is 2.32. The van der Waals surface area contributed by atoms with Gasteiger partial charge in [0.15, 0.2) is 6.10 Å². The third kappa shape index (κ3) is 4.33. The number of alkyl halides is 1. The molecule has 0 saturated heterocycles. The van der Waals surface area contributed by atoms with Crippen molar-refractivity contribution in [1.82, 2.24) is 4.98 Å². The highest BCUT2D eigenvalue weighted by molar-refractivity contribution is 5.99. The van der Waals surface area contributed by atoms with Gasteiger partial charge >= 0.3 is 5.97 Å². The van der Waals surface area contributed by atoms with Crippen LogP contribution in [0.4, 0.5) is 8.78 Å². The number of benzene rings is 2. The van der Waals surface area contributed by atoms with Crippen LogP contribution in [0.15, 0.2) is 36.4 Å².